The molecule has 2 rings (SSSR count). The van der Waals surface area contributed by atoms with E-state index in [9.17, 15) is 12.8 Å². The minimum absolute atomic E-state index is 0.0448. The molecule has 0 aliphatic rings. The SMILES string of the molecule is Cc1ccc(C)c(S(=O)(=O)Cc2ccc(F)c(CN)c2)c1. The lowest BCUT2D eigenvalue weighted by Gasteiger charge is -2.10. The number of aryl methyl sites for hydroxylation is 2. The Hall–Kier alpha value is -1.72. The second-order valence-corrected chi connectivity index (χ2v) is 7.12. The minimum Gasteiger partial charge on any atom is -0.326 e. The van der Waals surface area contributed by atoms with E-state index in [4.69, 9.17) is 5.73 Å². The summed E-state index contributed by atoms with van der Waals surface area (Å²) < 4.78 is 38.5. The molecule has 2 aromatic carbocycles. The Morgan fingerprint density at radius 2 is 1.81 bits per heavy atom. The van der Waals surface area contributed by atoms with Crippen LogP contribution in [0, 0.1) is 19.7 Å². The number of halogens is 1. The van der Waals surface area contributed by atoms with Crippen LogP contribution in [0.15, 0.2) is 41.3 Å². The quantitative estimate of drug-likeness (QED) is 0.945. The molecule has 0 bridgehead atoms. The van der Waals surface area contributed by atoms with Gasteiger partial charge in [0, 0.05) is 12.1 Å². The third kappa shape index (κ3) is 3.49. The molecule has 0 aromatic heterocycles. The molecule has 0 radical (unpaired) electrons. The number of sulfone groups is 1. The van der Waals surface area contributed by atoms with E-state index >= 15 is 0 Å². The molecule has 0 aliphatic heterocycles. The van der Waals surface area contributed by atoms with Gasteiger partial charge in [-0.3, -0.25) is 0 Å². The van der Waals surface area contributed by atoms with Crippen molar-refractivity contribution in [3.8, 4) is 0 Å². The topological polar surface area (TPSA) is 60.2 Å². The van der Waals surface area contributed by atoms with Crippen molar-refractivity contribution in [2.24, 2.45) is 5.73 Å². The molecule has 0 spiro atoms. The molecular weight excluding hydrogens is 289 g/mol. The number of rotatable bonds is 4. The van der Waals surface area contributed by atoms with Crippen LogP contribution < -0.4 is 5.73 Å². The average Bonchev–Trinajstić information content (AvgIpc) is 2.43. The Kier molecular flexibility index (Phi) is 4.44. The normalized spacial score (nSPS) is 11.6. The van der Waals surface area contributed by atoms with Crippen molar-refractivity contribution >= 4 is 9.84 Å². The van der Waals surface area contributed by atoms with Gasteiger partial charge in [-0.25, -0.2) is 12.8 Å². The summed E-state index contributed by atoms with van der Waals surface area (Å²) in [6.45, 7) is 3.66. The Morgan fingerprint density at radius 1 is 1.10 bits per heavy atom. The van der Waals surface area contributed by atoms with Gasteiger partial charge in [0.2, 0.25) is 0 Å². The first kappa shape index (κ1) is 15.7. The van der Waals surface area contributed by atoms with E-state index in [0.29, 0.717) is 21.6 Å². The van der Waals surface area contributed by atoms with Crippen molar-refractivity contribution in [1.29, 1.82) is 0 Å². The van der Waals surface area contributed by atoms with Crippen LogP contribution in [0.4, 0.5) is 4.39 Å². The Morgan fingerprint density at radius 3 is 2.48 bits per heavy atom. The number of hydrogen-bond donors (Lipinski definition) is 1. The highest BCUT2D eigenvalue weighted by atomic mass is 32.2. The maximum atomic E-state index is 13.4. The molecule has 3 nitrogen and oxygen atoms in total. The first-order chi connectivity index (χ1) is 9.83. The molecule has 2 aromatic rings. The summed E-state index contributed by atoms with van der Waals surface area (Å²) in [6.07, 6.45) is 0. The molecular formula is C16H18FNO2S. The first-order valence-electron chi connectivity index (χ1n) is 6.61. The van der Waals surface area contributed by atoms with Crippen molar-refractivity contribution in [2.75, 3.05) is 0 Å². The lowest BCUT2D eigenvalue weighted by Crippen LogP contribution is -2.08. The maximum Gasteiger partial charge on any atom is 0.182 e. The molecule has 0 amide bonds. The number of nitrogens with two attached hydrogens (primary N) is 1. The van der Waals surface area contributed by atoms with Gasteiger partial charge in [0.05, 0.1) is 10.6 Å². The second-order valence-electron chi connectivity index (χ2n) is 5.16. The van der Waals surface area contributed by atoms with Crippen LogP contribution in [0.2, 0.25) is 0 Å². The molecule has 0 saturated carbocycles. The molecule has 0 saturated heterocycles. The zero-order valence-electron chi connectivity index (χ0n) is 12.1. The molecule has 5 heteroatoms. The molecule has 0 unspecified atom stereocenters. The highest BCUT2D eigenvalue weighted by molar-refractivity contribution is 7.90. The minimum atomic E-state index is -3.47. The van der Waals surface area contributed by atoms with Crippen LogP contribution in [0.25, 0.3) is 0 Å². The van der Waals surface area contributed by atoms with E-state index in [1.165, 1.54) is 18.2 Å². The van der Waals surface area contributed by atoms with Gasteiger partial charge in [0.15, 0.2) is 9.84 Å². The van der Waals surface area contributed by atoms with Crippen LogP contribution in [0.5, 0.6) is 0 Å². The first-order valence-corrected chi connectivity index (χ1v) is 8.26. The van der Waals surface area contributed by atoms with Crippen molar-refractivity contribution in [3.63, 3.8) is 0 Å². The molecule has 112 valence electrons. The van der Waals surface area contributed by atoms with Crippen molar-refractivity contribution in [2.45, 2.75) is 31.0 Å². The maximum absolute atomic E-state index is 13.4. The van der Waals surface area contributed by atoms with Crippen molar-refractivity contribution in [1.82, 2.24) is 0 Å². The molecule has 0 fully saturated rings. The summed E-state index contributed by atoms with van der Waals surface area (Å²) >= 11 is 0. The second kappa shape index (κ2) is 5.95. The van der Waals surface area contributed by atoms with Crippen molar-refractivity contribution in [3.05, 3.63) is 64.5 Å². The van der Waals surface area contributed by atoms with Crippen LogP contribution >= 0.6 is 0 Å². The summed E-state index contributed by atoms with van der Waals surface area (Å²) in [4.78, 5) is 0.320. The zero-order chi connectivity index (χ0) is 15.6. The summed E-state index contributed by atoms with van der Waals surface area (Å²) in [5, 5.41) is 0. The lowest BCUT2D eigenvalue weighted by atomic mass is 10.1. The monoisotopic (exact) mass is 307 g/mol. The standard InChI is InChI=1S/C16H18FNO2S/c1-11-3-4-12(2)16(7-11)21(19,20)10-13-5-6-15(17)14(8-13)9-18/h3-8H,9-10,18H2,1-2H3. The Bertz CT molecular complexity index is 770. The lowest BCUT2D eigenvalue weighted by molar-refractivity contribution is 0.593. The third-order valence-corrected chi connectivity index (χ3v) is 5.19. The summed E-state index contributed by atoms with van der Waals surface area (Å²) in [5.41, 5.74) is 7.91. The van der Waals surface area contributed by atoms with Gasteiger partial charge in [-0.2, -0.15) is 0 Å². The Labute approximate surface area is 124 Å². The summed E-state index contributed by atoms with van der Waals surface area (Å²) in [5.74, 6) is -0.574. The molecule has 0 atom stereocenters. The largest absolute Gasteiger partial charge is 0.326 e. The van der Waals surface area contributed by atoms with Crippen LogP contribution in [0.3, 0.4) is 0 Å². The van der Waals surface area contributed by atoms with Gasteiger partial charge in [0.1, 0.15) is 5.82 Å². The average molecular weight is 307 g/mol. The smallest absolute Gasteiger partial charge is 0.182 e. The van der Waals surface area contributed by atoms with E-state index in [1.807, 2.05) is 13.0 Å². The fraction of sp³-hybridized carbons (Fsp3) is 0.250. The van der Waals surface area contributed by atoms with Crippen LogP contribution in [0.1, 0.15) is 22.3 Å². The van der Waals surface area contributed by atoms with E-state index in [0.717, 1.165) is 5.56 Å². The fourth-order valence-corrected chi connectivity index (χ4v) is 3.91. The molecule has 0 aliphatic carbocycles. The number of hydrogen-bond acceptors (Lipinski definition) is 3. The molecule has 0 heterocycles. The van der Waals surface area contributed by atoms with Crippen LogP contribution in [-0.4, -0.2) is 8.42 Å². The molecule has 2 N–H and O–H groups in total. The fourth-order valence-electron chi connectivity index (χ4n) is 2.21. The summed E-state index contributed by atoms with van der Waals surface area (Å²) in [6, 6.07) is 9.58. The highest BCUT2D eigenvalue weighted by Crippen LogP contribution is 2.22. The molecule has 21 heavy (non-hydrogen) atoms. The van der Waals surface area contributed by atoms with Gasteiger partial charge in [-0.05, 0) is 42.7 Å². The van der Waals surface area contributed by atoms with Crippen LogP contribution in [-0.2, 0) is 22.1 Å². The Balaban J connectivity index is 2.40. The number of benzene rings is 2. The van der Waals surface area contributed by atoms with E-state index in [2.05, 4.69) is 0 Å². The highest BCUT2D eigenvalue weighted by Gasteiger charge is 2.18. The van der Waals surface area contributed by atoms with Crippen molar-refractivity contribution < 1.29 is 12.8 Å². The predicted molar refractivity (Wildman–Crippen MR) is 81.1 cm³/mol. The van der Waals surface area contributed by atoms with Gasteiger partial charge in [0.25, 0.3) is 0 Å². The van der Waals surface area contributed by atoms with Gasteiger partial charge < -0.3 is 5.73 Å². The van der Waals surface area contributed by atoms with E-state index < -0.39 is 15.7 Å². The third-order valence-electron chi connectivity index (χ3n) is 3.37. The van der Waals surface area contributed by atoms with Gasteiger partial charge in [-0.1, -0.05) is 24.3 Å². The van der Waals surface area contributed by atoms with Gasteiger partial charge in [-0.15, -0.1) is 0 Å². The van der Waals surface area contributed by atoms with E-state index in [-0.39, 0.29) is 12.3 Å². The predicted octanol–water partition coefficient (Wildman–Crippen LogP) is 2.88. The van der Waals surface area contributed by atoms with Gasteiger partial charge >= 0.3 is 0 Å². The zero-order valence-corrected chi connectivity index (χ0v) is 12.9. The summed E-state index contributed by atoms with van der Waals surface area (Å²) in [7, 11) is -3.47. The van der Waals surface area contributed by atoms with E-state index in [1.54, 1.807) is 19.1 Å².